The van der Waals surface area contributed by atoms with Crippen molar-refractivity contribution in [3.63, 3.8) is 0 Å². The number of carbonyl (C=O) groups is 1. The number of Topliss-reactive ketones (excluding diaryl/α,β-unsaturated/α-hetero) is 1. The van der Waals surface area contributed by atoms with Crippen LogP contribution in [0.15, 0.2) is 42.5 Å². The number of carbonyl (C=O) groups excluding carboxylic acids is 1. The molecule has 0 heterocycles. The van der Waals surface area contributed by atoms with Gasteiger partial charge in [-0.25, -0.2) is 0 Å². The Hall–Kier alpha value is -1.63. The van der Waals surface area contributed by atoms with E-state index >= 15 is 0 Å². The molecule has 86 valence electrons. The SMILES string of the molecule is O=C1CCC[C@@H](c2ccc3ccccc3c2)C1. The third kappa shape index (κ3) is 2.10. The average Bonchev–Trinajstić information content (AvgIpc) is 2.38. The van der Waals surface area contributed by atoms with Gasteiger partial charge in [0, 0.05) is 12.8 Å². The van der Waals surface area contributed by atoms with Gasteiger partial charge < -0.3 is 0 Å². The Balaban J connectivity index is 1.97. The highest BCUT2D eigenvalue weighted by Crippen LogP contribution is 2.32. The van der Waals surface area contributed by atoms with E-state index in [1.165, 1.54) is 16.3 Å². The third-order valence-electron chi connectivity index (χ3n) is 3.73. The molecule has 1 atom stereocenters. The van der Waals surface area contributed by atoms with E-state index in [9.17, 15) is 4.79 Å². The van der Waals surface area contributed by atoms with Gasteiger partial charge in [0.2, 0.25) is 0 Å². The summed E-state index contributed by atoms with van der Waals surface area (Å²) in [7, 11) is 0. The predicted octanol–water partition coefficient (Wildman–Crippen LogP) is 4.07. The predicted molar refractivity (Wildman–Crippen MR) is 70.2 cm³/mol. The van der Waals surface area contributed by atoms with Gasteiger partial charge in [-0.1, -0.05) is 42.5 Å². The molecule has 1 aliphatic rings. The molecule has 2 aromatic carbocycles. The van der Waals surface area contributed by atoms with Crippen molar-refractivity contribution < 1.29 is 4.79 Å². The minimum Gasteiger partial charge on any atom is -0.300 e. The van der Waals surface area contributed by atoms with Gasteiger partial charge in [0.15, 0.2) is 0 Å². The minimum absolute atomic E-state index is 0.425. The smallest absolute Gasteiger partial charge is 0.133 e. The molecule has 0 aromatic heterocycles. The second-order valence-electron chi connectivity index (χ2n) is 4.94. The van der Waals surface area contributed by atoms with Crippen molar-refractivity contribution in [2.45, 2.75) is 31.6 Å². The van der Waals surface area contributed by atoms with Crippen molar-refractivity contribution in [2.24, 2.45) is 0 Å². The third-order valence-corrected chi connectivity index (χ3v) is 3.73. The Morgan fingerprint density at radius 2 is 1.82 bits per heavy atom. The van der Waals surface area contributed by atoms with Crippen LogP contribution < -0.4 is 0 Å². The Morgan fingerprint density at radius 3 is 2.65 bits per heavy atom. The van der Waals surface area contributed by atoms with Crippen LogP contribution in [0.25, 0.3) is 10.8 Å². The minimum atomic E-state index is 0.425. The van der Waals surface area contributed by atoms with Crippen LogP contribution >= 0.6 is 0 Å². The highest BCUT2D eigenvalue weighted by atomic mass is 16.1. The summed E-state index contributed by atoms with van der Waals surface area (Å²) in [5, 5.41) is 2.56. The zero-order valence-corrected chi connectivity index (χ0v) is 9.86. The highest BCUT2D eigenvalue weighted by molar-refractivity contribution is 5.84. The van der Waals surface area contributed by atoms with Crippen LogP contribution in [-0.2, 0) is 4.79 Å². The maximum atomic E-state index is 11.5. The van der Waals surface area contributed by atoms with Gasteiger partial charge in [-0.3, -0.25) is 4.79 Å². The van der Waals surface area contributed by atoms with Gasteiger partial charge in [0.05, 0.1) is 0 Å². The molecule has 0 amide bonds. The number of ketones is 1. The summed E-state index contributed by atoms with van der Waals surface area (Å²) in [6, 6.07) is 15.0. The molecular weight excluding hydrogens is 208 g/mol. The second kappa shape index (κ2) is 4.33. The fraction of sp³-hybridized carbons (Fsp3) is 0.312. The molecule has 1 nitrogen and oxygen atoms in total. The van der Waals surface area contributed by atoms with Gasteiger partial charge in [-0.15, -0.1) is 0 Å². The first-order valence-corrected chi connectivity index (χ1v) is 6.33. The summed E-state index contributed by atoms with van der Waals surface area (Å²) in [6.45, 7) is 0. The van der Waals surface area contributed by atoms with E-state index in [2.05, 4.69) is 42.5 Å². The van der Waals surface area contributed by atoms with Crippen LogP contribution in [0.1, 0.15) is 37.2 Å². The van der Waals surface area contributed by atoms with Crippen LogP contribution in [-0.4, -0.2) is 5.78 Å². The lowest BCUT2D eigenvalue weighted by atomic mass is 9.83. The van der Waals surface area contributed by atoms with Crippen LogP contribution in [0, 0.1) is 0 Å². The average molecular weight is 224 g/mol. The number of fused-ring (bicyclic) bond motifs is 1. The van der Waals surface area contributed by atoms with Crippen molar-refractivity contribution in [1.82, 2.24) is 0 Å². The first kappa shape index (κ1) is 10.5. The van der Waals surface area contributed by atoms with Gasteiger partial charge in [0.1, 0.15) is 5.78 Å². The largest absolute Gasteiger partial charge is 0.300 e. The van der Waals surface area contributed by atoms with E-state index < -0.39 is 0 Å². The van der Waals surface area contributed by atoms with E-state index in [-0.39, 0.29) is 0 Å². The summed E-state index contributed by atoms with van der Waals surface area (Å²) < 4.78 is 0. The monoisotopic (exact) mass is 224 g/mol. The van der Waals surface area contributed by atoms with E-state index in [1.807, 2.05) is 0 Å². The van der Waals surface area contributed by atoms with Crippen molar-refractivity contribution in [3.8, 4) is 0 Å². The molecule has 0 unspecified atom stereocenters. The molecule has 0 saturated heterocycles. The van der Waals surface area contributed by atoms with Crippen molar-refractivity contribution >= 4 is 16.6 Å². The van der Waals surface area contributed by atoms with Crippen molar-refractivity contribution in [3.05, 3.63) is 48.0 Å². The van der Waals surface area contributed by atoms with Gasteiger partial charge in [0.25, 0.3) is 0 Å². The molecule has 0 N–H and O–H groups in total. The lowest BCUT2D eigenvalue weighted by Crippen LogP contribution is -2.13. The Bertz CT molecular complexity index is 556. The molecule has 2 aromatic rings. The van der Waals surface area contributed by atoms with E-state index in [0.29, 0.717) is 11.7 Å². The quantitative estimate of drug-likeness (QED) is 0.713. The summed E-state index contributed by atoms with van der Waals surface area (Å²) >= 11 is 0. The summed E-state index contributed by atoms with van der Waals surface area (Å²) in [5.74, 6) is 0.871. The molecule has 0 radical (unpaired) electrons. The van der Waals surface area contributed by atoms with E-state index in [0.717, 1.165) is 25.7 Å². The molecule has 17 heavy (non-hydrogen) atoms. The molecule has 0 bridgehead atoms. The fourth-order valence-corrected chi connectivity index (χ4v) is 2.77. The van der Waals surface area contributed by atoms with Gasteiger partial charge in [-0.2, -0.15) is 0 Å². The molecule has 1 fully saturated rings. The van der Waals surface area contributed by atoms with Crippen molar-refractivity contribution in [1.29, 1.82) is 0 Å². The van der Waals surface area contributed by atoms with E-state index in [1.54, 1.807) is 0 Å². The zero-order valence-electron chi connectivity index (χ0n) is 9.86. The molecule has 0 aliphatic heterocycles. The Kier molecular flexibility index (Phi) is 2.68. The maximum absolute atomic E-state index is 11.5. The molecule has 3 rings (SSSR count). The highest BCUT2D eigenvalue weighted by Gasteiger charge is 2.20. The Morgan fingerprint density at radius 1 is 1.00 bits per heavy atom. The molecule has 0 spiro atoms. The van der Waals surface area contributed by atoms with Crippen molar-refractivity contribution in [2.75, 3.05) is 0 Å². The Labute approximate surface area is 101 Å². The van der Waals surface area contributed by atoms with Gasteiger partial charge >= 0.3 is 0 Å². The number of benzene rings is 2. The van der Waals surface area contributed by atoms with Gasteiger partial charge in [-0.05, 0) is 35.1 Å². The van der Waals surface area contributed by atoms with Crippen LogP contribution in [0.3, 0.4) is 0 Å². The summed E-state index contributed by atoms with van der Waals surface area (Å²) in [4.78, 5) is 11.5. The van der Waals surface area contributed by atoms with E-state index in [4.69, 9.17) is 0 Å². The lowest BCUT2D eigenvalue weighted by Gasteiger charge is -2.21. The van der Waals surface area contributed by atoms with Crippen LogP contribution in [0.5, 0.6) is 0 Å². The standard InChI is InChI=1S/C16H16O/c17-16-7-3-6-14(11-16)15-9-8-12-4-1-2-5-13(12)10-15/h1-2,4-5,8-10,14H,3,6-7,11H2/t14-/m1/s1. The van der Waals surface area contributed by atoms with Crippen LogP contribution in [0.4, 0.5) is 0 Å². The summed E-state index contributed by atoms with van der Waals surface area (Å²) in [5.41, 5.74) is 1.33. The topological polar surface area (TPSA) is 17.1 Å². The summed E-state index contributed by atoms with van der Waals surface area (Å²) in [6.07, 6.45) is 3.73. The van der Waals surface area contributed by atoms with Crippen LogP contribution in [0.2, 0.25) is 0 Å². The normalized spacial score (nSPS) is 20.7. The molecule has 1 heteroatoms. The molecule has 1 aliphatic carbocycles. The first-order chi connectivity index (χ1) is 8.33. The zero-order chi connectivity index (χ0) is 11.7. The second-order valence-corrected chi connectivity index (χ2v) is 4.94. The molecular formula is C16H16O. The number of rotatable bonds is 1. The molecule has 1 saturated carbocycles. The fourth-order valence-electron chi connectivity index (χ4n) is 2.77. The number of hydrogen-bond donors (Lipinski definition) is 0. The number of hydrogen-bond acceptors (Lipinski definition) is 1. The maximum Gasteiger partial charge on any atom is 0.133 e. The lowest BCUT2D eigenvalue weighted by molar-refractivity contribution is -0.120. The first-order valence-electron chi connectivity index (χ1n) is 6.33.